The fraction of sp³-hybridized carbons (Fsp3) is 0.500. The lowest BCUT2D eigenvalue weighted by Gasteiger charge is -2.11. The SMILES string of the molecule is NSc1cccc(OCC2CCCC2)c1. The van der Waals surface area contributed by atoms with Crippen molar-refractivity contribution >= 4 is 11.9 Å². The van der Waals surface area contributed by atoms with Gasteiger partial charge in [-0.1, -0.05) is 18.9 Å². The summed E-state index contributed by atoms with van der Waals surface area (Å²) in [5.74, 6) is 1.71. The van der Waals surface area contributed by atoms with Gasteiger partial charge >= 0.3 is 0 Å². The molecule has 0 aromatic heterocycles. The van der Waals surface area contributed by atoms with Crippen LogP contribution in [0, 0.1) is 5.92 Å². The largest absolute Gasteiger partial charge is 0.493 e. The zero-order chi connectivity index (χ0) is 10.5. The number of nitrogens with two attached hydrogens (primary N) is 1. The fourth-order valence-electron chi connectivity index (χ4n) is 2.03. The van der Waals surface area contributed by atoms with Crippen molar-refractivity contribution in [3.05, 3.63) is 24.3 Å². The van der Waals surface area contributed by atoms with Gasteiger partial charge in [-0.3, -0.25) is 5.14 Å². The molecule has 0 bridgehead atoms. The lowest BCUT2D eigenvalue weighted by atomic mass is 10.1. The van der Waals surface area contributed by atoms with Gasteiger partial charge in [0.05, 0.1) is 6.61 Å². The molecular formula is C12H17NOS. The van der Waals surface area contributed by atoms with Crippen molar-refractivity contribution in [1.29, 1.82) is 0 Å². The minimum atomic E-state index is 0.763. The van der Waals surface area contributed by atoms with Crippen LogP contribution in [-0.4, -0.2) is 6.61 Å². The summed E-state index contributed by atoms with van der Waals surface area (Å²) >= 11 is 1.26. The molecule has 2 N–H and O–H groups in total. The number of ether oxygens (including phenoxy) is 1. The summed E-state index contributed by atoms with van der Waals surface area (Å²) in [6.07, 6.45) is 5.39. The zero-order valence-electron chi connectivity index (χ0n) is 8.82. The maximum Gasteiger partial charge on any atom is 0.120 e. The van der Waals surface area contributed by atoms with E-state index in [4.69, 9.17) is 9.88 Å². The average Bonchev–Trinajstić information content (AvgIpc) is 2.79. The van der Waals surface area contributed by atoms with Gasteiger partial charge in [0, 0.05) is 4.90 Å². The smallest absolute Gasteiger partial charge is 0.120 e. The molecule has 0 atom stereocenters. The first kappa shape index (κ1) is 10.8. The molecule has 1 aliphatic carbocycles. The van der Waals surface area contributed by atoms with Gasteiger partial charge in [0.2, 0.25) is 0 Å². The second-order valence-corrected chi connectivity index (χ2v) is 4.76. The van der Waals surface area contributed by atoms with E-state index in [2.05, 4.69) is 0 Å². The predicted molar refractivity (Wildman–Crippen MR) is 63.9 cm³/mol. The van der Waals surface area contributed by atoms with Crippen molar-refractivity contribution < 1.29 is 4.74 Å². The molecular weight excluding hydrogens is 206 g/mol. The molecule has 2 nitrogen and oxygen atoms in total. The maximum absolute atomic E-state index is 5.76. The summed E-state index contributed by atoms with van der Waals surface area (Å²) < 4.78 is 5.76. The first-order valence-electron chi connectivity index (χ1n) is 5.48. The molecule has 1 fully saturated rings. The maximum atomic E-state index is 5.76. The molecule has 15 heavy (non-hydrogen) atoms. The van der Waals surface area contributed by atoms with Crippen LogP contribution < -0.4 is 9.88 Å². The van der Waals surface area contributed by atoms with Gasteiger partial charge in [0.25, 0.3) is 0 Å². The monoisotopic (exact) mass is 223 g/mol. The molecule has 0 amide bonds. The Balaban J connectivity index is 1.86. The van der Waals surface area contributed by atoms with Crippen LogP contribution in [0.5, 0.6) is 5.75 Å². The average molecular weight is 223 g/mol. The Labute approximate surface area is 95.3 Å². The highest BCUT2D eigenvalue weighted by atomic mass is 32.2. The molecule has 2 rings (SSSR count). The Morgan fingerprint density at radius 1 is 1.33 bits per heavy atom. The molecule has 0 radical (unpaired) electrons. The van der Waals surface area contributed by atoms with Crippen molar-refractivity contribution in [3.63, 3.8) is 0 Å². The van der Waals surface area contributed by atoms with E-state index in [0.29, 0.717) is 0 Å². The Morgan fingerprint density at radius 2 is 2.13 bits per heavy atom. The summed E-state index contributed by atoms with van der Waals surface area (Å²) in [5.41, 5.74) is 0. The highest BCUT2D eigenvalue weighted by molar-refractivity contribution is 7.97. The lowest BCUT2D eigenvalue weighted by Crippen LogP contribution is -2.07. The van der Waals surface area contributed by atoms with E-state index in [-0.39, 0.29) is 0 Å². The highest BCUT2D eigenvalue weighted by Crippen LogP contribution is 2.26. The van der Waals surface area contributed by atoms with Gasteiger partial charge in [-0.05, 0) is 48.9 Å². The quantitative estimate of drug-likeness (QED) is 0.796. The molecule has 0 saturated heterocycles. The Morgan fingerprint density at radius 3 is 2.87 bits per heavy atom. The molecule has 1 aliphatic rings. The second kappa shape index (κ2) is 5.42. The van der Waals surface area contributed by atoms with E-state index in [1.807, 2.05) is 24.3 Å². The number of benzene rings is 1. The van der Waals surface area contributed by atoms with Crippen LogP contribution in [0.2, 0.25) is 0 Å². The molecule has 0 aliphatic heterocycles. The molecule has 1 aromatic rings. The molecule has 1 aromatic carbocycles. The number of hydrogen-bond acceptors (Lipinski definition) is 3. The van der Waals surface area contributed by atoms with Gasteiger partial charge in [0.15, 0.2) is 0 Å². The zero-order valence-corrected chi connectivity index (χ0v) is 9.63. The van der Waals surface area contributed by atoms with Crippen molar-refractivity contribution in [2.45, 2.75) is 30.6 Å². The third-order valence-corrected chi connectivity index (χ3v) is 3.43. The summed E-state index contributed by atoms with van der Waals surface area (Å²) in [6, 6.07) is 7.97. The summed E-state index contributed by atoms with van der Waals surface area (Å²) in [4.78, 5) is 1.05. The molecule has 0 heterocycles. The van der Waals surface area contributed by atoms with Gasteiger partial charge in [-0.15, -0.1) is 0 Å². The van der Waals surface area contributed by atoms with Gasteiger partial charge in [-0.25, -0.2) is 0 Å². The Bertz CT molecular complexity index is 310. The predicted octanol–water partition coefficient (Wildman–Crippen LogP) is 3.22. The first-order chi connectivity index (χ1) is 7.38. The van der Waals surface area contributed by atoms with Crippen LogP contribution in [0.3, 0.4) is 0 Å². The highest BCUT2D eigenvalue weighted by Gasteiger charge is 2.15. The number of hydrogen-bond donors (Lipinski definition) is 1. The van der Waals surface area contributed by atoms with Crippen molar-refractivity contribution in [3.8, 4) is 5.75 Å². The van der Waals surface area contributed by atoms with E-state index < -0.39 is 0 Å². The third kappa shape index (κ3) is 3.14. The van der Waals surface area contributed by atoms with Crippen LogP contribution >= 0.6 is 11.9 Å². The topological polar surface area (TPSA) is 35.2 Å². The van der Waals surface area contributed by atoms with E-state index in [9.17, 15) is 0 Å². The van der Waals surface area contributed by atoms with E-state index >= 15 is 0 Å². The molecule has 82 valence electrons. The molecule has 3 heteroatoms. The van der Waals surface area contributed by atoms with Crippen LogP contribution in [0.4, 0.5) is 0 Å². The van der Waals surface area contributed by atoms with E-state index in [1.165, 1.54) is 37.6 Å². The summed E-state index contributed by atoms with van der Waals surface area (Å²) in [5, 5.41) is 5.50. The molecule has 1 saturated carbocycles. The number of rotatable bonds is 4. The minimum absolute atomic E-state index is 0.763. The van der Waals surface area contributed by atoms with Gasteiger partial charge in [0.1, 0.15) is 5.75 Å². The van der Waals surface area contributed by atoms with Gasteiger partial charge in [-0.2, -0.15) is 0 Å². The second-order valence-electron chi connectivity index (χ2n) is 4.05. The summed E-state index contributed by atoms with van der Waals surface area (Å²) in [7, 11) is 0. The van der Waals surface area contributed by atoms with E-state index in [0.717, 1.165) is 23.2 Å². The third-order valence-electron chi connectivity index (χ3n) is 2.90. The van der Waals surface area contributed by atoms with Crippen molar-refractivity contribution in [2.75, 3.05) is 6.61 Å². The summed E-state index contributed by atoms with van der Waals surface area (Å²) in [6.45, 7) is 0.860. The fourth-order valence-corrected chi connectivity index (χ4v) is 2.37. The minimum Gasteiger partial charge on any atom is -0.493 e. The van der Waals surface area contributed by atoms with Gasteiger partial charge < -0.3 is 4.74 Å². The standard InChI is InChI=1S/C12H17NOS/c13-15-12-7-3-6-11(8-12)14-9-10-4-1-2-5-10/h3,6-8,10H,1-2,4-5,9,13H2. The van der Waals surface area contributed by atoms with E-state index in [1.54, 1.807) is 0 Å². The normalized spacial score (nSPS) is 16.9. The molecule has 0 spiro atoms. The van der Waals surface area contributed by atoms with Crippen LogP contribution in [0.15, 0.2) is 29.2 Å². The van der Waals surface area contributed by atoms with Crippen LogP contribution in [0.1, 0.15) is 25.7 Å². The lowest BCUT2D eigenvalue weighted by molar-refractivity contribution is 0.251. The Kier molecular flexibility index (Phi) is 3.92. The van der Waals surface area contributed by atoms with Crippen molar-refractivity contribution in [1.82, 2.24) is 0 Å². The Hall–Kier alpha value is -0.670. The van der Waals surface area contributed by atoms with Crippen LogP contribution in [-0.2, 0) is 0 Å². The first-order valence-corrected chi connectivity index (χ1v) is 6.36. The van der Waals surface area contributed by atoms with Crippen molar-refractivity contribution in [2.24, 2.45) is 11.1 Å². The van der Waals surface area contributed by atoms with Crippen LogP contribution in [0.25, 0.3) is 0 Å². The molecule has 0 unspecified atom stereocenters.